The van der Waals surface area contributed by atoms with Crippen LogP contribution in [0.1, 0.15) is 17.5 Å². The molecule has 148 valence electrons. The predicted molar refractivity (Wildman–Crippen MR) is 113 cm³/mol. The topological polar surface area (TPSA) is 87.6 Å². The molecule has 2 aromatic rings. The Morgan fingerprint density at radius 1 is 1.25 bits per heavy atom. The standard InChI is InChI=1S/C19H20ClN3O3S2/c1-27-10-9-16(19(24)21-12-13-5-4-6-14(20)11-13)22-18-15-7-2-3-8-17(15)28(25,26)23-18/h2-8,11,16H,9-10,12H2,1H3,(H,21,24)(H,22,23). The first-order chi connectivity index (χ1) is 13.4. The van der Waals surface area contributed by atoms with E-state index in [-0.39, 0.29) is 16.6 Å². The molecule has 0 spiro atoms. The summed E-state index contributed by atoms with van der Waals surface area (Å²) in [6.07, 6.45) is 2.44. The Labute approximate surface area is 173 Å². The smallest absolute Gasteiger partial charge is 0.263 e. The fourth-order valence-electron chi connectivity index (χ4n) is 2.82. The van der Waals surface area contributed by atoms with E-state index < -0.39 is 16.1 Å². The normalized spacial score (nSPS) is 17.0. The second-order valence-electron chi connectivity index (χ2n) is 6.22. The van der Waals surface area contributed by atoms with Gasteiger partial charge in [0.25, 0.3) is 10.0 Å². The van der Waals surface area contributed by atoms with Crippen molar-refractivity contribution < 1.29 is 13.2 Å². The van der Waals surface area contributed by atoms with Gasteiger partial charge in [-0.15, -0.1) is 0 Å². The van der Waals surface area contributed by atoms with Crippen molar-refractivity contribution in [1.29, 1.82) is 0 Å². The number of fused-ring (bicyclic) bond motifs is 1. The van der Waals surface area contributed by atoms with Gasteiger partial charge >= 0.3 is 0 Å². The van der Waals surface area contributed by atoms with Gasteiger partial charge in [0, 0.05) is 17.1 Å². The van der Waals surface area contributed by atoms with Crippen LogP contribution in [0.4, 0.5) is 0 Å². The molecule has 2 aromatic carbocycles. The number of rotatable bonds is 7. The molecule has 6 nitrogen and oxygen atoms in total. The summed E-state index contributed by atoms with van der Waals surface area (Å²) < 4.78 is 27.0. The molecule has 1 amide bonds. The maximum atomic E-state index is 12.7. The third-order valence-electron chi connectivity index (χ3n) is 4.20. The number of carbonyl (C=O) groups excluding carboxylic acids is 1. The number of aliphatic imine (C=N–C) groups is 1. The maximum Gasteiger partial charge on any atom is 0.263 e. The summed E-state index contributed by atoms with van der Waals surface area (Å²) in [4.78, 5) is 17.4. The highest BCUT2D eigenvalue weighted by molar-refractivity contribution is 7.98. The van der Waals surface area contributed by atoms with Gasteiger partial charge in [-0.1, -0.05) is 35.9 Å². The molecule has 2 N–H and O–H groups in total. The first-order valence-corrected chi connectivity index (χ1v) is 11.9. The van der Waals surface area contributed by atoms with Crippen molar-refractivity contribution in [2.24, 2.45) is 4.99 Å². The van der Waals surface area contributed by atoms with Crippen LogP contribution in [0.5, 0.6) is 0 Å². The van der Waals surface area contributed by atoms with Crippen LogP contribution in [-0.4, -0.2) is 38.2 Å². The lowest BCUT2D eigenvalue weighted by atomic mass is 10.1. The molecule has 3 rings (SSSR count). The highest BCUT2D eigenvalue weighted by Gasteiger charge is 2.31. The highest BCUT2D eigenvalue weighted by Crippen LogP contribution is 2.23. The van der Waals surface area contributed by atoms with Crippen LogP contribution < -0.4 is 10.0 Å². The van der Waals surface area contributed by atoms with Crippen LogP contribution in [0, 0.1) is 0 Å². The zero-order valence-electron chi connectivity index (χ0n) is 15.2. The Kier molecular flexibility index (Phi) is 6.64. The van der Waals surface area contributed by atoms with Gasteiger partial charge in [-0.3, -0.25) is 14.5 Å². The van der Waals surface area contributed by atoms with Crippen molar-refractivity contribution in [2.45, 2.75) is 23.9 Å². The number of amidine groups is 1. The third-order valence-corrected chi connectivity index (χ3v) is 6.48. The number of hydrogen-bond donors (Lipinski definition) is 2. The van der Waals surface area contributed by atoms with Gasteiger partial charge < -0.3 is 5.32 Å². The minimum atomic E-state index is -3.64. The molecule has 1 atom stereocenters. The molecule has 0 bridgehead atoms. The Hall–Kier alpha value is -2.03. The average molecular weight is 438 g/mol. The second kappa shape index (κ2) is 8.98. The van der Waals surface area contributed by atoms with Crippen LogP contribution >= 0.6 is 23.4 Å². The number of carbonyl (C=O) groups is 1. The Morgan fingerprint density at radius 3 is 2.79 bits per heavy atom. The third kappa shape index (κ3) is 4.87. The molecule has 0 fully saturated rings. The number of nitrogens with zero attached hydrogens (tertiary/aromatic N) is 1. The van der Waals surface area contributed by atoms with Gasteiger partial charge in [0.1, 0.15) is 11.9 Å². The minimum Gasteiger partial charge on any atom is -0.350 e. The summed E-state index contributed by atoms with van der Waals surface area (Å²) >= 11 is 7.58. The van der Waals surface area contributed by atoms with Crippen molar-refractivity contribution in [3.63, 3.8) is 0 Å². The summed E-state index contributed by atoms with van der Waals surface area (Å²) in [5, 5.41) is 3.46. The van der Waals surface area contributed by atoms with E-state index in [0.29, 0.717) is 23.6 Å². The van der Waals surface area contributed by atoms with Gasteiger partial charge in [0.05, 0.1) is 4.90 Å². The fourth-order valence-corrected chi connectivity index (χ4v) is 4.73. The van der Waals surface area contributed by atoms with Crippen molar-refractivity contribution in [2.75, 3.05) is 12.0 Å². The Balaban J connectivity index is 1.80. The van der Waals surface area contributed by atoms with Gasteiger partial charge in [-0.25, -0.2) is 8.42 Å². The number of amides is 1. The fraction of sp³-hybridized carbons (Fsp3) is 0.263. The molecule has 1 heterocycles. The molecule has 0 aromatic heterocycles. The minimum absolute atomic E-state index is 0.178. The van der Waals surface area contributed by atoms with Gasteiger partial charge in [-0.05, 0) is 48.3 Å². The molecule has 1 aliphatic rings. The summed E-state index contributed by atoms with van der Waals surface area (Å²) in [5.41, 5.74) is 1.36. The quantitative estimate of drug-likeness (QED) is 0.697. The van der Waals surface area contributed by atoms with Crippen LogP contribution in [-0.2, 0) is 21.4 Å². The molecule has 0 radical (unpaired) electrons. The van der Waals surface area contributed by atoms with Crippen molar-refractivity contribution >= 4 is 45.1 Å². The van der Waals surface area contributed by atoms with E-state index in [1.165, 1.54) is 6.07 Å². The first kappa shape index (κ1) is 20.7. The van der Waals surface area contributed by atoms with Crippen LogP contribution in [0.3, 0.4) is 0 Å². The molecular formula is C19H20ClN3O3S2. The zero-order chi connectivity index (χ0) is 20.1. The number of hydrogen-bond acceptors (Lipinski definition) is 5. The molecule has 0 saturated heterocycles. The first-order valence-electron chi connectivity index (χ1n) is 8.62. The molecule has 9 heteroatoms. The summed E-state index contributed by atoms with van der Waals surface area (Å²) in [6.45, 7) is 0.322. The predicted octanol–water partition coefficient (Wildman–Crippen LogP) is 2.82. The molecule has 0 aliphatic carbocycles. The van der Waals surface area contributed by atoms with E-state index in [2.05, 4.69) is 15.0 Å². The molecule has 1 unspecified atom stereocenters. The van der Waals surface area contributed by atoms with Crippen LogP contribution in [0.15, 0.2) is 58.4 Å². The van der Waals surface area contributed by atoms with Gasteiger partial charge in [-0.2, -0.15) is 11.8 Å². The number of thioether (sulfide) groups is 1. The van der Waals surface area contributed by atoms with Gasteiger partial charge in [0.15, 0.2) is 0 Å². The monoisotopic (exact) mass is 437 g/mol. The van der Waals surface area contributed by atoms with Crippen LogP contribution in [0.2, 0.25) is 5.02 Å². The SMILES string of the molecule is CSCCC(N=C1NS(=O)(=O)c2ccccc21)C(=O)NCc1cccc(Cl)c1. The highest BCUT2D eigenvalue weighted by atomic mass is 35.5. The van der Waals surface area contributed by atoms with Crippen LogP contribution in [0.25, 0.3) is 0 Å². The summed E-state index contributed by atoms with van der Waals surface area (Å²) in [5.74, 6) is 0.671. The number of sulfonamides is 1. The van der Waals surface area contributed by atoms with Crippen molar-refractivity contribution in [1.82, 2.24) is 10.0 Å². The lowest BCUT2D eigenvalue weighted by molar-refractivity contribution is -0.122. The number of nitrogens with one attached hydrogen (secondary N) is 2. The average Bonchev–Trinajstić information content (AvgIpc) is 2.94. The number of benzene rings is 2. The molecule has 1 aliphatic heterocycles. The summed E-state index contributed by atoms with van der Waals surface area (Å²) in [6, 6.07) is 13.1. The van der Waals surface area contributed by atoms with E-state index in [0.717, 1.165) is 11.3 Å². The molecule has 0 saturated carbocycles. The van der Waals surface area contributed by atoms with E-state index in [9.17, 15) is 13.2 Å². The van der Waals surface area contributed by atoms with E-state index in [1.807, 2.05) is 18.4 Å². The van der Waals surface area contributed by atoms with Crippen molar-refractivity contribution in [3.05, 3.63) is 64.7 Å². The molecule has 28 heavy (non-hydrogen) atoms. The Bertz CT molecular complexity index is 1010. The Morgan fingerprint density at radius 2 is 2.04 bits per heavy atom. The maximum absolute atomic E-state index is 12.7. The molecular weight excluding hydrogens is 418 g/mol. The summed E-state index contributed by atoms with van der Waals surface area (Å²) in [7, 11) is -3.64. The number of halogens is 1. The van der Waals surface area contributed by atoms with E-state index >= 15 is 0 Å². The lowest BCUT2D eigenvalue weighted by Crippen LogP contribution is -2.35. The van der Waals surface area contributed by atoms with E-state index in [4.69, 9.17) is 11.6 Å². The van der Waals surface area contributed by atoms with Crippen molar-refractivity contribution in [3.8, 4) is 0 Å². The van der Waals surface area contributed by atoms with Gasteiger partial charge in [0.2, 0.25) is 5.91 Å². The van der Waals surface area contributed by atoms with E-state index in [1.54, 1.807) is 42.1 Å². The zero-order valence-corrected chi connectivity index (χ0v) is 17.6. The largest absolute Gasteiger partial charge is 0.350 e. The lowest BCUT2D eigenvalue weighted by Gasteiger charge is -2.14. The second-order valence-corrected chi connectivity index (χ2v) is 9.30.